The van der Waals surface area contributed by atoms with Crippen LogP contribution in [0.4, 0.5) is 4.39 Å². The summed E-state index contributed by atoms with van der Waals surface area (Å²) >= 11 is 0. The van der Waals surface area contributed by atoms with Crippen molar-refractivity contribution in [2.75, 3.05) is 0 Å². The largest absolute Gasteiger partial charge is 0.233 e. The van der Waals surface area contributed by atoms with Gasteiger partial charge in [-0.3, -0.25) is 0 Å². The van der Waals surface area contributed by atoms with E-state index in [1.807, 2.05) is 10.9 Å². The van der Waals surface area contributed by atoms with Gasteiger partial charge in [-0.2, -0.15) is 5.10 Å². The van der Waals surface area contributed by atoms with Crippen LogP contribution in [0.1, 0.15) is 43.0 Å². The van der Waals surface area contributed by atoms with Gasteiger partial charge in [-0.25, -0.2) is 9.07 Å². The molecule has 3 heteroatoms. The summed E-state index contributed by atoms with van der Waals surface area (Å²) < 4.78 is 15.3. The highest BCUT2D eigenvalue weighted by molar-refractivity contribution is 5.61. The molecule has 2 aliphatic carbocycles. The van der Waals surface area contributed by atoms with E-state index in [9.17, 15) is 4.39 Å². The lowest BCUT2D eigenvalue weighted by Gasteiger charge is -2.46. The van der Waals surface area contributed by atoms with Gasteiger partial charge in [0.15, 0.2) is 0 Å². The molecular weight excluding hydrogens is 359 g/mol. The summed E-state index contributed by atoms with van der Waals surface area (Å²) in [4.78, 5) is 0. The average molecular weight is 386 g/mol. The third-order valence-electron chi connectivity index (χ3n) is 6.82. The van der Waals surface area contributed by atoms with Gasteiger partial charge in [0.1, 0.15) is 5.82 Å². The van der Waals surface area contributed by atoms with Crippen molar-refractivity contribution >= 4 is 6.08 Å². The molecule has 2 nitrogen and oxygen atoms in total. The minimum Gasteiger partial charge on any atom is -0.233 e. The molecule has 0 aliphatic heterocycles. The molecule has 0 bridgehead atoms. The summed E-state index contributed by atoms with van der Waals surface area (Å²) in [6.45, 7) is 2.43. The van der Waals surface area contributed by atoms with E-state index in [-0.39, 0.29) is 11.2 Å². The van der Waals surface area contributed by atoms with Gasteiger partial charge in [-0.05, 0) is 91.3 Å². The highest BCUT2D eigenvalue weighted by Gasteiger charge is 2.43. The van der Waals surface area contributed by atoms with Gasteiger partial charge in [0.05, 0.1) is 17.6 Å². The van der Waals surface area contributed by atoms with E-state index in [4.69, 9.17) is 0 Å². The monoisotopic (exact) mass is 385 g/mol. The van der Waals surface area contributed by atoms with Crippen LogP contribution in [0.15, 0.2) is 66.4 Å². The minimum atomic E-state index is -0.218. The fourth-order valence-corrected chi connectivity index (χ4v) is 5.14. The zero-order chi connectivity index (χ0) is 19.8. The zero-order valence-electron chi connectivity index (χ0n) is 16.8. The van der Waals surface area contributed by atoms with Crippen LogP contribution in [-0.4, -0.2) is 9.78 Å². The highest BCUT2D eigenvalue weighted by atomic mass is 19.1. The third kappa shape index (κ3) is 3.33. The molecule has 0 unspecified atom stereocenters. The number of fused-ring (bicyclic) bond motifs is 2. The molecule has 1 saturated carbocycles. The Morgan fingerprint density at radius 3 is 2.72 bits per heavy atom. The molecule has 3 aromatic rings. The quantitative estimate of drug-likeness (QED) is 0.522. The molecule has 1 fully saturated rings. The molecule has 0 amide bonds. The van der Waals surface area contributed by atoms with Crippen LogP contribution in [0.3, 0.4) is 0 Å². The number of hydrogen-bond donors (Lipinski definition) is 0. The van der Waals surface area contributed by atoms with Crippen molar-refractivity contribution in [3.8, 4) is 5.69 Å². The fraction of sp³-hybridized carbons (Fsp3) is 0.308. The molecule has 2 atom stereocenters. The Bertz CT molecular complexity index is 1030. The molecule has 147 valence electrons. The summed E-state index contributed by atoms with van der Waals surface area (Å²) in [7, 11) is 0. The maximum absolute atomic E-state index is 13.3. The SMILES string of the molecule is C[C@]12Cc3cnn(-c4ccc(F)cc4)c3C=C1CCC[C@@H]2[CH]Cc1ccccc1. The van der Waals surface area contributed by atoms with Crippen LogP contribution >= 0.6 is 0 Å². The van der Waals surface area contributed by atoms with E-state index in [0.29, 0.717) is 5.92 Å². The Morgan fingerprint density at radius 2 is 1.93 bits per heavy atom. The highest BCUT2D eigenvalue weighted by Crippen LogP contribution is 2.52. The van der Waals surface area contributed by atoms with Crippen LogP contribution in [0.25, 0.3) is 11.8 Å². The Hall–Kier alpha value is -2.68. The van der Waals surface area contributed by atoms with Crippen LogP contribution in [0, 0.1) is 23.6 Å². The van der Waals surface area contributed by atoms with Gasteiger partial charge in [-0.1, -0.05) is 42.8 Å². The summed E-state index contributed by atoms with van der Waals surface area (Å²) in [5, 5.41) is 4.64. The predicted octanol–water partition coefficient (Wildman–Crippen LogP) is 6.20. The van der Waals surface area contributed by atoms with Gasteiger partial charge >= 0.3 is 0 Å². The smallest absolute Gasteiger partial charge is 0.123 e. The van der Waals surface area contributed by atoms with E-state index < -0.39 is 0 Å². The molecule has 2 aliphatic rings. The first-order valence-corrected chi connectivity index (χ1v) is 10.5. The predicted molar refractivity (Wildman–Crippen MR) is 115 cm³/mol. The topological polar surface area (TPSA) is 17.8 Å². The van der Waals surface area contributed by atoms with E-state index >= 15 is 0 Å². The number of hydrogen-bond acceptors (Lipinski definition) is 1. The van der Waals surface area contributed by atoms with Crippen LogP contribution in [0.2, 0.25) is 0 Å². The Balaban J connectivity index is 1.43. The second-order valence-corrected chi connectivity index (χ2v) is 8.63. The maximum Gasteiger partial charge on any atom is 0.123 e. The van der Waals surface area contributed by atoms with Crippen LogP contribution < -0.4 is 0 Å². The van der Waals surface area contributed by atoms with Crippen molar-refractivity contribution in [3.05, 3.63) is 95.4 Å². The molecule has 5 rings (SSSR count). The Labute approximate surface area is 172 Å². The molecule has 1 radical (unpaired) electrons. The normalized spacial score (nSPS) is 23.2. The van der Waals surface area contributed by atoms with E-state index in [1.54, 1.807) is 12.1 Å². The van der Waals surface area contributed by atoms with Gasteiger partial charge in [0.2, 0.25) is 0 Å². The third-order valence-corrected chi connectivity index (χ3v) is 6.82. The second-order valence-electron chi connectivity index (χ2n) is 8.63. The van der Waals surface area contributed by atoms with Gasteiger partial charge in [0, 0.05) is 0 Å². The number of benzene rings is 2. The Morgan fingerprint density at radius 1 is 1.14 bits per heavy atom. The van der Waals surface area contributed by atoms with Crippen LogP contribution in [-0.2, 0) is 12.8 Å². The number of rotatable bonds is 4. The first-order valence-electron chi connectivity index (χ1n) is 10.5. The minimum absolute atomic E-state index is 0.163. The number of halogens is 1. The van der Waals surface area contributed by atoms with Gasteiger partial charge < -0.3 is 0 Å². The van der Waals surface area contributed by atoms with E-state index in [0.717, 1.165) is 30.6 Å². The lowest BCUT2D eigenvalue weighted by atomic mass is 9.58. The number of nitrogens with zero attached hydrogens (tertiary/aromatic N) is 2. The maximum atomic E-state index is 13.3. The van der Waals surface area contributed by atoms with Crippen molar-refractivity contribution < 1.29 is 4.39 Å². The molecule has 1 aromatic heterocycles. The van der Waals surface area contributed by atoms with Crippen LogP contribution in [0.5, 0.6) is 0 Å². The van der Waals surface area contributed by atoms with Crippen molar-refractivity contribution in [1.29, 1.82) is 0 Å². The average Bonchev–Trinajstić information content (AvgIpc) is 3.14. The van der Waals surface area contributed by atoms with Crippen molar-refractivity contribution in [3.63, 3.8) is 0 Å². The zero-order valence-corrected chi connectivity index (χ0v) is 16.8. The van der Waals surface area contributed by atoms with Crippen molar-refractivity contribution in [1.82, 2.24) is 9.78 Å². The molecule has 0 saturated heterocycles. The van der Waals surface area contributed by atoms with Crippen molar-refractivity contribution in [2.24, 2.45) is 11.3 Å². The molecule has 0 spiro atoms. The standard InChI is InChI=1S/C26H26FN2/c1-26-17-20-18-28-29(24-14-12-23(27)13-15-24)25(20)16-22(26)9-5-8-21(26)11-10-19-6-3-2-4-7-19/h2-4,6-7,11-16,18,21H,5,8-10,17H2,1H3/t21-,26-/m1/s1. The summed E-state index contributed by atoms with van der Waals surface area (Å²) in [5.74, 6) is 0.356. The lowest BCUT2D eigenvalue weighted by molar-refractivity contribution is 0.208. The summed E-state index contributed by atoms with van der Waals surface area (Å²) in [6.07, 6.45) is 12.6. The number of allylic oxidation sites excluding steroid dienone is 1. The fourth-order valence-electron chi connectivity index (χ4n) is 5.14. The van der Waals surface area contributed by atoms with E-state index in [2.05, 4.69) is 54.9 Å². The molecule has 2 aromatic carbocycles. The molecule has 29 heavy (non-hydrogen) atoms. The number of aromatic nitrogens is 2. The molecule has 0 N–H and O–H groups in total. The first kappa shape index (κ1) is 18.4. The van der Waals surface area contributed by atoms with Gasteiger partial charge in [-0.15, -0.1) is 0 Å². The first-order chi connectivity index (χ1) is 14.1. The Kier molecular flexibility index (Phi) is 4.61. The van der Waals surface area contributed by atoms with E-state index in [1.165, 1.54) is 41.7 Å². The summed E-state index contributed by atoms with van der Waals surface area (Å²) in [6, 6.07) is 17.3. The second kappa shape index (κ2) is 7.29. The molecule has 1 heterocycles. The van der Waals surface area contributed by atoms with Gasteiger partial charge in [0.25, 0.3) is 0 Å². The molecular formula is C26H26FN2. The summed E-state index contributed by atoms with van der Waals surface area (Å²) in [5.41, 5.74) is 6.45. The lowest BCUT2D eigenvalue weighted by Crippen LogP contribution is -2.37. The van der Waals surface area contributed by atoms with Crippen molar-refractivity contribution in [2.45, 2.75) is 39.0 Å².